The minimum atomic E-state index is -3.61. The molecule has 0 aliphatic heterocycles. The first-order chi connectivity index (χ1) is 15.7. The molecule has 0 spiro atoms. The Bertz CT molecular complexity index is 1630. The Kier molecular flexibility index (Phi) is 4.81. The van der Waals surface area contributed by atoms with E-state index in [2.05, 4.69) is 24.9 Å². The van der Waals surface area contributed by atoms with Gasteiger partial charge in [0, 0.05) is 30.2 Å². The maximum absolute atomic E-state index is 13.1. The normalized spacial score (nSPS) is 12.2. The highest BCUT2D eigenvalue weighted by molar-refractivity contribution is 7.90. The van der Waals surface area contributed by atoms with E-state index in [4.69, 9.17) is 0 Å². The molecule has 5 rings (SSSR count). The molecule has 9 nitrogen and oxygen atoms in total. The second-order valence-electron chi connectivity index (χ2n) is 7.31. The molecule has 0 N–H and O–H groups in total. The molecule has 0 aliphatic carbocycles. The Labute approximate surface area is 186 Å². The van der Waals surface area contributed by atoms with Gasteiger partial charge in [0.2, 0.25) is 0 Å². The fourth-order valence-electron chi connectivity index (χ4n) is 3.58. The van der Waals surface area contributed by atoms with Gasteiger partial charge < -0.3 is 4.74 Å². The number of alkyl halides is 2. The Morgan fingerprint density at radius 2 is 1.94 bits per heavy atom. The standard InChI is InChI=1S/C21H16F2N6O3S/c1-12-14-10-25-16(15-11-26-28-7-3-6-24-20(15)28)9-17(14)29(27-12)18-8-13(33(2,30)31)4-5-19(18)32-21(22)23/h3-11,21H,1-2H3. The summed E-state index contributed by atoms with van der Waals surface area (Å²) < 4.78 is 58.0. The van der Waals surface area contributed by atoms with Crippen LogP contribution >= 0.6 is 0 Å². The highest BCUT2D eigenvalue weighted by Gasteiger charge is 2.20. The Morgan fingerprint density at radius 3 is 2.70 bits per heavy atom. The molecule has 0 amide bonds. The summed E-state index contributed by atoms with van der Waals surface area (Å²) in [5, 5.41) is 9.39. The third kappa shape index (κ3) is 3.67. The number of hydrogen-bond acceptors (Lipinski definition) is 7. The van der Waals surface area contributed by atoms with Gasteiger partial charge in [-0.2, -0.15) is 19.0 Å². The van der Waals surface area contributed by atoms with Gasteiger partial charge in [0.15, 0.2) is 21.2 Å². The molecule has 168 valence electrons. The fraction of sp³-hybridized carbons (Fsp3) is 0.143. The summed E-state index contributed by atoms with van der Waals surface area (Å²) in [4.78, 5) is 8.78. The minimum absolute atomic E-state index is 0.0541. The fourth-order valence-corrected chi connectivity index (χ4v) is 4.23. The predicted octanol–water partition coefficient (Wildman–Crippen LogP) is 3.44. The van der Waals surface area contributed by atoms with Gasteiger partial charge >= 0.3 is 6.61 Å². The number of rotatable bonds is 5. The van der Waals surface area contributed by atoms with E-state index in [0.29, 0.717) is 33.5 Å². The van der Waals surface area contributed by atoms with Gasteiger partial charge in [-0.1, -0.05) is 0 Å². The minimum Gasteiger partial charge on any atom is -0.433 e. The first-order valence-corrected chi connectivity index (χ1v) is 11.5. The molecular weight excluding hydrogens is 454 g/mol. The van der Waals surface area contributed by atoms with Crippen molar-refractivity contribution in [2.45, 2.75) is 18.4 Å². The summed E-state index contributed by atoms with van der Waals surface area (Å²) in [6.45, 7) is -1.36. The zero-order valence-electron chi connectivity index (χ0n) is 17.3. The largest absolute Gasteiger partial charge is 0.433 e. The van der Waals surface area contributed by atoms with Crippen LogP contribution in [0.25, 0.3) is 33.5 Å². The molecule has 33 heavy (non-hydrogen) atoms. The summed E-state index contributed by atoms with van der Waals surface area (Å²) in [6.07, 6.45) is 7.66. The van der Waals surface area contributed by atoms with Crippen molar-refractivity contribution in [2.75, 3.05) is 6.26 Å². The van der Waals surface area contributed by atoms with E-state index in [0.717, 1.165) is 6.26 Å². The van der Waals surface area contributed by atoms with E-state index in [9.17, 15) is 17.2 Å². The smallest absolute Gasteiger partial charge is 0.387 e. The number of halogens is 2. The average molecular weight is 470 g/mol. The first-order valence-electron chi connectivity index (χ1n) is 9.66. The molecule has 0 unspecified atom stereocenters. The lowest BCUT2D eigenvalue weighted by Crippen LogP contribution is -2.08. The number of ether oxygens (including phenoxy) is 1. The van der Waals surface area contributed by atoms with Gasteiger partial charge in [0.1, 0.15) is 5.69 Å². The van der Waals surface area contributed by atoms with Crippen LogP contribution in [0.2, 0.25) is 0 Å². The quantitative estimate of drug-likeness (QED) is 0.388. The van der Waals surface area contributed by atoms with Crippen molar-refractivity contribution in [3.05, 3.63) is 60.8 Å². The Balaban J connectivity index is 1.76. The lowest BCUT2D eigenvalue weighted by Gasteiger charge is -2.13. The summed E-state index contributed by atoms with van der Waals surface area (Å²) in [5.74, 6) is -0.210. The lowest BCUT2D eigenvalue weighted by atomic mass is 10.1. The van der Waals surface area contributed by atoms with Crippen molar-refractivity contribution in [3.8, 4) is 22.7 Å². The molecule has 0 fully saturated rings. The zero-order valence-corrected chi connectivity index (χ0v) is 18.2. The zero-order chi connectivity index (χ0) is 23.3. The van der Waals surface area contributed by atoms with Crippen LogP contribution in [0.15, 0.2) is 60.0 Å². The van der Waals surface area contributed by atoms with Crippen LogP contribution < -0.4 is 4.74 Å². The van der Waals surface area contributed by atoms with E-state index in [-0.39, 0.29) is 16.3 Å². The van der Waals surface area contributed by atoms with E-state index in [1.807, 2.05) is 0 Å². The molecule has 4 heterocycles. The molecule has 12 heteroatoms. The predicted molar refractivity (Wildman–Crippen MR) is 115 cm³/mol. The molecule has 0 atom stereocenters. The topological polar surface area (TPSA) is 104 Å². The molecule has 0 radical (unpaired) electrons. The third-order valence-corrected chi connectivity index (χ3v) is 6.22. The Morgan fingerprint density at radius 1 is 1.12 bits per heavy atom. The third-order valence-electron chi connectivity index (χ3n) is 5.11. The summed E-state index contributed by atoms with van der Waals surface area (Å²) in [7, 11) is -3.61. The molecule has 0 saturated heterocycles. The second kappa shape index (κ2) is 7.59. The summed E-state index contributed by atoms with van der Waals surface area (Å²) in [6, 6.07) is 7.14. The molecule has 1 aromatic carbocycles. The van der Waals surface area contributed by atoms with Crippen LogP contribution in [0.1, 0.15) is 5.69 Å². The van der Waals surface area contributed by atoms with Crippen LogP contribution in [-0.4, -0.2) is 50.6 Å². The van der Waals surface area contributed by atoms with Crippen molar-refractivity contribution in [1.29, 1.82) is 0 Å². The van der Waals surface area contributed by atoms with Gasteiger partial charge in [0.05, 0.1) is 33.6 Å². The Hall–Kier alpha value is -3.93. The van der Waals surface area contributed by atoms with Crippen LogP contribution in [0.3, 0.4) is 0 Å². The number of fused-ring (bicyclic) bond motifs is 2. The number of pyridine rings is 1. The van der Waals surface area contributed by atoms with E-state index in [1.54, 1.807) is 48.4 Å². The van der Waals surface area contributed by atoms with Gasteiger partial charge in [-0.15, -0.1) is 0 Å². The molecule has 5 aromatic rings. The molecule has 0 saturated carbocycles. The SMILES string of the molecule is Cc1nn(-c2cc(S(C)(=O)=O)ccc2OC(F)F)c2cc(-c3cnn4cccnc34)ncc12. The van der Waals surface area contributed by atoms with E-state index in [1.165, 1.54) is 22.9 Å². The molecule has 0 aliphatic rings. The van der Waals surface area contributed by atoms with E-state index < -0.39 is 16.4 Å². The van der Waals surface area contributed by atoms with Crippen LogP contribution in [0.4, 0.5) is 8.78 Å². The van der Waals surface area contributed by atoms with E-state index >= 15 is 0 Å². The van der Waals surface area contributed by atoms with Gasteiger partial charge in [-0.05, 0) is 37.3 Å². The number of hydrogen-bond donors (Lipinski definition) is 0. The van der Waals surface area contributed by atoms with Crippen molar-refractivity contribution < 1.29 is 21.9 Å². The van der Waals surface area contributed by atoms with Crippen molar-refractivity contribution >= 4 is 26.4 Å². The number of nitrogens with zero attached hydrogens (tertiary/aromatic N) is 6. The summed E-state index contributed by atoms with van der Waals surface area (Å²) >= 11 is 0. The summed E-state index contributed by atoms with van der Waals surface area (Å²) in [5.41, 5.74) is 2.96. The molecule has 4 aromatic heterocycles. The molecular formula is C21H16F2N6O3S. The first kappa shape index (κ1) is 20.9. The number of sulfone groups is 1. The van der Waals surface area contributed by atoms with Crippen molar-refractivity contribution in [3.63, 3.8) is 0 Å². The van der Waals surface area contributed by atoms with Gasteiger partial charge in [-0.25, -0.2) is 22.6 Å². The second-order valence-corrected chi connectivity index (χ2v) is 9.33. The monoisotopic (exact) mass is 470 g/mol. The van der Waals surface area contributed by atoms with Crippen LogP contribution in [0, 0.1) is 6.92 Å². The maximum atomic E-state index is 13.1. The maximum Gasteiger partial charge on any atom is 0.387 e. The van der Waals surface area contributed by atoms with Crippen LogP contribution in [0.5, 0.6) is 5.75 Å². The lowest BCUT2D eigenvalue weighted by molar-refractivity contribution is -0.0499. The number of aryl methyl sites for hydroxylation is 1. The van der Waals surface area contributed by atoms with Crippen molar-refractivity contribution in [1.82, 2.24) is 29.4 Å². The highest BCUT2D eigenvalue weighted by atomic mass is 32.2. The highest BCUT2D eigenvalue weighted by Crippen LogP contribution is 2.33. The molecule has 0 bridgehead atoms. The number of benzene rings is 1. The van der Waals surface area contributed by atoms with Crippen LogP contribution in [-0.2, 0) is 9.84 Å². The van der Waals surface area contributed by atoms with Gasteiger partial charge in [0.25, 0.3) is 0 Å². The average Bonchev–Trinajstić information content (AvgIpc) is 3.34. The van der Waals surface area contributed by atoms with Crippen molar-refractivity contribution in [2.24, 2.45) is 0 Å². The number of aromatic nitrogens is 6. The van der Waals surface area contributed by atoms with Gasteiger partial charge in [-0.3, -0.25) is 4.98 Å².